The molecule has 0 fully saturated rings. The minimum absolute atomic E-state index is 0.0860. The average molecular weight is 265 g/mol. The van der Waals surface area contributed by atoms with Crippen LogP contribution in [0.15, 0.2) is 12.1 Å². The van der Waals surface area contributed by atoms with Crippen LogP contribution in [-0.4, -0.2) is 4.92 Å². The number of benzene rings is 1. The van der Waals surface area contributed by atoms with Gasteiger partial charge in [-0.3, -0.25) is 10.1 Å². The number of nitriles is 1. The van der Waals surface area contributed by atoms with Gasteiger partial charge in [0.1, 0.15) is 6.07 Å². The van der Waals surface area contributed by atoms with E-state index in [0.717, 1.165) is 12.1 Å². The highest BCUT2D eigenvalue weighted by Gasteiger charge is 2.41. The normalized spacial score (nSPS) is 11.0. The molecule has 0 unspecified atom stereocenters. The van der Waals surface area contributed by atoms with Crippen LogP contribution in [0.2, 0.25) is 0 Å². The van der Waals surface area contributed by atoms with E-state index >= 15 is 0 Å². The van der Waals surface area contributed by atoms with E-state index < -0.39 is 27.9 Å². The number of nitro groups is 1. The molecule has 0 spiro atoms. The quantitative estimate of drug-likeness (QED) is 0.468. The lowest BCUT2D eigenvalue weighted by Gasteiger charge is -2.10. The van der Waals surface area contributed by atoms with E-state index in [0.29, 0.717) is 0 Å². The molecule has 0 saturated carbocycles. The number of hydrogen-bond acceptors (Lipinski definition) is 3. The molecule has 0 atom stereocenters. The molecule has 4 nitrogen and oxygen atoms in total. The van der Waals surface area contributed by atoms with Gasteiger partial charge in [0.2, 0.25) is 0 Å². The van der Waals surface area contributed by atoms with Crippen LogP contribution in [0.25, 0.3) is 0 Å². The van der Waals surface area contributed by atoms with E-state index in [1.807, 2.05) is 0 Å². The molecule has 0 aromatic heterocycles. The van der Waals surface area contributed by atoms with Crippen molar-refractivity contribution in [1.82, 2.24) is 0 Å². The first-order chi connectivity index (χ1) is 7.81. The molecule has 0 bridgehead atoms. The van der Waals surface area contributed by atoms with Crippen LogP contribution in [0, 0.1) is 21.4 Å². The van der Waals surface area contributed by atoms with E-state index in [1.54, 1.807) is 0 Å². The summed E-state index contributed by atoms with van der Waals surface area (Å²) in [6.07, 6.45) is -4.96. The van der Waals surface area contributed by atoms with Crippen LogP contribution in [0.4, 0.5) is 18.9 Å². The molecular formula is C9H4ClF3N2O2. The van der Waals surface area contributed by atoms with Crippen LogP contribution < -0.4 is 0 Å². The zero-order valence-corrected chi connectivity index (χ0v) is 8.84. The number of alkyl halides is 4. The highest BCUT2D eigenvalue weighted by molar-refractivity contribution is 6.17. The van der Waals surface area contributed by atoms with Gasteiger partial charge in [-0.15, -0.1) is 11.6 Å². The van der Waals surface area contributed by atoms with Gasteiger partial charge in [0, 0.05) is 11.9 Å². The van der Waals surface area contributed by atoms with E-state index in [9.17, 15) is 23.3 Å². The Kier molecular flexibility index (Phi) is 3.58. The maximum absolute atomic E-state index is 12.6. The summed E-state index contributed by atoms with van der Waals surface area (Å²) in [7, 11) is 0. The predicted octanol–water partition coefficient (Wildman–Crippen LogP) is 3.22. The van der Waals surface area contributed by atoms with Crippen molar-refractivity contribution < 1.29 is 18.1 Å². The molecule has 0 aliphatic heterocycles. The monoisotopic (exact) mass is 264 g/mol. The molecule has 1 aromatic carbocycles. The zero-order valence-electron chi connectivity index (χ0n) is 8.08. The summed E-state index contributed by atoms with van der Waals surface area (Å²) in [5.41, 5.74) is -3.42. The molecule has 0 heterocycles. The molecule has 1 aromatic rings. The molecular weight excluding hydrogens is 261 g/mol. The third kappa shape index (κ3) is 2.65. The molecule has 1 rings (SSSR count). The van der Waals surface area contributed by atoms with Gasteiger partial charge in [-0.2, -0.15) is 18.4 Å². The topological polar surface area (TPSA) is 66.9 Å². The van der Waals surface area contributed by atoms with Crippen LogP contribution in [-0.2, 0) is 12.1 Å². The van der Waals surface area contributed by atoms with E-state index in [1.165, 1.54) is 6.07 Å². The summed E-state index contributed by atoms with van der Waals surface area (Å²) in [6.45, 7) is 0. The Morgan fingerprint density at radius 1 is 1.47 bits per heavy atom. The van der Waals surface area contributed by atoms with Gasteiger partial charge < -0.3 is 0 Å². The van der Waals surface area contributed by atoms with Crippen molar-refractivity contribution in [2.75, 3.05) is 0 Å². The van der Waals surface area contributed by atoms with Gasteiger partial charge in [0.05, 0.1) is 10.5 Å². The van der Waals surface area contributed by atoms with Crippen LogP contribution in [0.5, 0.6) is 0 Å². The summed E-state index contributed by atoms with van der Waals surface area (Å²) in [4.78, 5) is 9.38. The van der Waals surface area contributed by atoms with Crippen LogP contribution >= 0.6 is 11.6 Å². The number of rotatable bonds is 2. The number of halogens is 4. The first kappa shape index (κ1) is 13.3. The van der Waals surface area contributed by atoms with Gasteiger partial charge in [-0.25, -0.2) is 0 Å². The number of hydrogen-bond donors (Lipinski definition) is 0. The molecule has 0 saturated heterocycles. The fourth-order valence-electron chi connectivity index (χ4n) is 1.29. The minimum Gasteiger partial charge on any atom is -0.258 e. The third-order valence-electron chi connectivity index (χ3n) is 1.93. The molecule has 0 N–H and O–H groups in total. The standard InChI is InChI=1S/C9H4ClF3N2O2/c10-3-5-1-6(4-14)8(9(11,12)13)7(2-5)15(16)17/h1-2H,3H2. The second-order valence-electron chi connectivity index (χ2n) is 3.04. The summed E-state index contributed by atoms with van der Waals surface area (Å²) in [6, 6.07) is 2.90. The molecule has 0 radical (unpaired) electrons. The van der Waals surface area contributed by atoms with Crippen LogP contribution in [0.3, 0.4) is 0 Å². The Labute approximate surface area is 98.4 Å². The lowest BCUT2D eigenvalue weighted by atomic mass is 10.0. The largest absolute Gasteiger partial charge is 0.424 e. The van der Waals surface area contributed by atoms with Crippen molar-refractivity contribution >= 4 is 17.3 Å². The fraction of sp³-hybridized carbons (Fsp3) is 0.222. The third-order valence-corrected chi connectivity index (χ3v) is 2.24. The van der Waals surface area contributed by atoms with Gasteiger partial charge >= 0.3 is 6.18 Å². The molecule has 90 valence electrons. The van der Waals surface area contributed by atoms with Crippen molar-refractivity contribution in [2.45, 2.75) is 12.1 Å². The van der Waals surface area contributed by atoms with Crippen LogP contribution in [0.1, 0.15) is 16.7 Å². The highest BCUT2D eigenvalue weighted by atomic mass is 35.5. The first-order valence-corrected chi connectivity index (χ1v) is 4.69. The Morgan fingerprint density at radius 2 is 2.06 bits per heavy atom. The Bertz CT molecular complexity index is 508. The molecule has 0 amide bonds. The summed E-state index contributed by atoms with van der Waals surface area (Å²) >= 11 is 5.39. The lowest BCUT2D eigenvalue weighted by molar-refractivity contribution is -0.388. The predicted molar refractivity (Wildman–Crippen MR) is 52.4 cm³/mol. The van der Waals surface area contributed by atoms with Gasteiger partial charge in [0.15, 0.2) is 5.56 Å². The van der Waals surface area contributed by atoms with Crippen molar-refractivity contribution in [3.8, 4) is 6.07 Å². The molecule has 0 aliphatic rings. The average Bonchev–Trinajstić information content (AvgIpc) is 2.25. The maximum atomic E-state index is 12.6. The first-order valence-electron chi connectivity index (χ1n) is 4.15. The van der Waals surface area contributed by atoms with Gasteiger partial charge in [0.25, 0.3) is 5.69 Å². The number of nitro benzene ring substituents is 1. The zero-order chi connectivity index (χ0) is 13.2. The molecule has 0 aliphatic carbocycles. The lowest BCUT2D eigenvalue weighted by Crippen LogP contribution is -2.12. The Morgan fingerprint density at radius 3 is 2.41 bits per heavy atom. The van der Waals surface area contributed by atoms with Crippen molar-refractivity contribution in [3.63, 3.8) is 0 Å². The van der Waals surface area contributed by atoms with E-state index in [4.69, 9.17) is 16.9 Å². The minimum atomic E-state index is -4.96. The molecule has 8 heteroatoms. The Hall–Kier alpha value is -1.81. The second-order valence-corrected chi connectivity index (χ2v) is 3.31. The SMILES string of the molecule is N#Cc1cc(CCl)cc([N+](=O)[O-])c1C(F)(F)F. The highest BCUT2D eigenvalue weighted by Crippen LogP contribution is 2.39. The Balaban J connectivity index is 3.66. The smallest absolute Gasteiger partial charge is 0.258 e. The fourth-order valence-corrected chi connectivity index (χ4v) is 1.45. The summed E-state index contributed by atoms with van der Waals surface area (Å²) in [5, 5.41) is 19.2. The maximum Gasteiger partial charge on any atom is 0.424 e. The summed E-state index contributed by atoms with van der Waals surface area (Å²) < 4.78 is 37.8. The van der Waals surface area contributed by atoms with E-state index in [2.05, 4.69) is 0 Å². The van der Waals surface area contributed by atoms with Crippen molar-refractivity contribution in [1.29, 1.82) is 5.26 Å². The summed E-state index contributed by atoms with van der Waals surface area (Å²) in [5.74, 6) is -0.215. The van der Waals surface area contributed by atoms with Crippen molar-refractivity contribution in [2.24, 2.45) is 0 Å². The van der Waals surface area contributed by atoms with Gasteiger partial charge in [-0.1, -0.05) is 0 Å². The van der Waals surface area contributed by atoms with Crippen molar-refractivity contribution in [3.05, 3.63) is 38.9 Å². The second kappa shape index (κ2) is 4.59. The van der Waals surface area contributed by atoms with Gasteiger partial charge in [-0.05, 0) is 11.6 Å². The number of nitrogens with zero attached hydrogens (tertiary/aromatic N) is 2. The van der Waals surface area contributed by atoms with E-state index in [-0.39, 0.29) is 11.4 Å². The molecule has 17 heavy (non-hydrogen) atoms.